The van der Waals surface area contributed by atoms with Crippen LogP contribution in [0.3, 0.4) is 0 Å². The predicted molar refractivity (Wildman–Crippen MR) is 131 cm³/mol. The molecule has 1 aromatic heterocycles. The molecule has 3 atom stereocenters. The maximum atomic E-state index is 10.5. The van der Waals surface area contributed by atoms with Crippen molar-refractivity contribution in [2.45, 2.75) is 56.5 Å². The van der Waals surface area contributed by atoms with Crippen molar-refractivity contribution >= 4 is 28.7 Å². The summed E-state index contributed by atoms with van der Waals surface area (Å²) in [6, 6.07) is 14.9. The van der Waals surface area contributed by atoms with E-state index in [0.29, 0.717) is 17.9 Å². The van der Waals surface area contributed by atoms with Crippen molar-refractivity contribution in [3.8, 4) is 12.3 Å². The highest BCUT2D eigenvalue weighted by atomic mass is 35.5. The second-order valence-corrected chi connectivity index (χ2v) is 9.28. The lowest BCUT2D eigenvalue weighted by Gasteiger charge is -2.32. The molecule has 5 rings (SSSR count). The lowest BCUT2D eigenvalue weighted by molar-refractivity contribution is -0.100. The van der Waals surface area contributed by atoms with Crippen LogP contribution in [0.5, 0.6) is 0 Å². The average Bonchev–Trinajstić information content (AvgIpc) is 3.59. The second kappa shape index (κ2) is 9.61. The zero-order valence-electron chi connectivity index (χ0n) is 18.4. The summed E-state index contributed by atoms with van der Waals surface area (Å²) in [5.41, 5.74) is 4.81. The van der Waals surface area contributed by atoms with Crippen LogP contribution in [0, 0.1) is 12.3 Å². The predicted octanol–water partition coefficient (Wildman–Crippen LogP) is 5.44. The molecule has 1 N–H and O–H groups in total. The standard InChI is InChI=1S/C27H27ClN2O3/c1-2-12-32-29-16-23-14-22(31)15-26(33-23)30-17-21(27-24(28)4-3-5-25(27)30)13-18-6-8-19(9-7-18)20-10-11-20/h1,3-9,16-17,20,22-23,26,31H,10-15H2. The Kier molecular flexibility index (Phi) is 6.41. The van der Waals surface area contributed by atoms with Gasteiger partial charge in [-0.2, -0.15) is 0 Å². The Hall–Kier alpha value is -2.78. The van der Waals surface area contributed by atoms with E-state index in [1.807, 2.05) is 18.2 Å². The number of nitrogens with zero attached hydrogens (tertiary/aromatic N) is 2. The molecule has 2 fully saturated rings. The topological polar surface area (TPSA) is 56.0 Å². The highest BCUT2D eigenvalue weighted by Gasteiger charge is 2.30. The Bertz CT molecular complexity index is 1190. The molecule has 170 valence electrons. The minimum Gasteiger partial charge on any atom is -0.393 e. The van der Waals surface area contributed by atoms with E-state index in [2.05, 4.69) is 46.1 Å². The van der Waals surface area contributed by atoms with Gasteiger partial charge in [0.15, 0.2) is 6.61 Å². The summed E-state index contributed by atoms with van der Waals surface area (Å²) in [5, 5.41) is 16.1. The Morgan fingerprint density at radius 1 is 1.21 bits per heavy atom. The van der Waals surface area contributed by atoms with Gasteiger partial charge in [0.2, 0.25) is 0 Å². The zero-order chi connectivity index (χ0) is 22.8. The molecule has 2 heterocycles. The molecule has 33 heavy (non-hydrogen) atoms. The number of aliphatic hydroxyl groups excluding tert-OH is 1. The van der Waals surface area contributed by atoms with E-state index in [1.54, 1.807) is 6.21 Å². The van der Waals surface area contributed by atoms with Gasteiger partial charge in [-0.3, -0.25) is 0 Å². The van der Waals surface area contributed by atoms with Gasteiger partial charge in [0.1, 0.15) is 12.3 Å². The first kappa shape index (κ1) is 22.0. The first-order chi connectivity index (χ1) is 16.1. The number of hydrogen-bond donors (Lipinski definition) is 1. The number of aliphatic hydroxyl groups is 1. The fourth-order valence-electron chi connectivity index (χ4n) is 4.63. The van der Waals surface area contributed by atoms with Gasteiger partial charge < -0.3 is 19.2 Å². The van der Waals surface area contributed by atoms with Crippen molar-refractivity contribution < 1.29 is 14.7 Å². The van der Waals surface area contributed by atoms with E-state index in [9.17, 15) is 5.11 Å². The molecule has 3 unspecified atom stereocenters. The summed E-state index contributed by atoms with van der Waals surface area (Å²) in [7, 11) is 0. The van der Waals surface area contributed by atoms with Crippen LogP contribution in [0.4, 0.5) is 0 Å². The minimum atomic E-state index is -0.511. The first-order valence-corrected chi connectivity index (χ1v) is 11.8. The van der Waals surface area contributed by atoms with E-state index in [1.165, 1.54) is 24.0 Å². The number of terminal acetylenes is 1. The van der Waals surface area contributed by atoms with E-state index < -0.39 is 6.10 Å². The third-order valence-corrected chi connectivity index (χ3v) is 6.69. The molecule has 6 heteroatoms. The average molecular weight is 463 g/mol. The van der Waals surface area contributed by atoms with Gasteiger partial charge in [0, 0.05) is 24.4 Å². The van der Waals surface area contributed by atoms with Gasteiger partial charge in [-0.1, -0.05) is 53.0 Å². The summed E-state index contributed by atoms with van der Waals surface area (Å²) in [6.07, 6.45) is 12.0. The number of ether oxygens (including phenoxy) is 1. The van der Waals surface area contributed by atoms with Crippen molar-refractivity contribution in [2.75, 3.05) is 6.61 Å². The second-order valence-electron chi connectivity index (χ2n) is 8.87. The van der Waals surface area contributed by atoms with Crippen molar-refractivity contribution in [2.24, 2.45) is 5.16 Å². The molecule has 0 spiro atoms. The van der Waals surface area contributed by atoms with Crippen LogP contribution in [-0.2, 0) is 16.0 Å². The van der Waals surface area contributed by atoms with Crippen LogP contribution in [0.1, 0.15) is 54.5 Å². The zero-order valence-corrected chi connectivity index (χ0v) is 19.1. The third-order valence-electron chi connectivity index (χ3n) is 6.38. The van der Waals surface area contributed by atoms with Gasteiger partial charge in [-0.15, -0.1) is 6.42 Å². The molecular weight excluding hydrogens is 436 g/mol. The number of halogens is 1. The normalized spacial score (nSPS) is 23.1. The lowest BCUT2D eigenvalue weighted by atomic mass is 10.0. The largest absolute Gasteiger partial charge is 0.393 e. The lowest BCUT2D eigenvalue weighted by Crippen LogP contribution is -2.34. The van der Waals surface area contributed by atoms with Crippen molar-refractivity contribution in [1.29, 1.82) is 0 Å². The minimum absolute atomic E-state index is 0.0981. The monoisotopic (exact) mass is 462 g/mol. The molecule has 1 saturated heterocycles. The maximum absolute atomic E-state index is 10.5. The van der Waals surface area contributed by atoms with Crippen LogP contribution < -0.4 is 0 Å². The van der Waals surface area contributed by atoms with E-state index in [0.717, 1.165) is 28.8 Å². The third kappa shape index (κ3) is 4.94. The Morgan fingerprint density at radius 2 is 2.03 bits per heavy atom. The summed E-state index contributed by atoms with van der Waals surface area (Å²) in [5.74, 6) is 3.11. The van der Waals surface area contributed by atoms with Crippen molar-refractivity contribution in [3.05, 3.63) is 70.4 Å². The molecular formula is C27H27ClN2O3. The highest BCUT2D eigenvalue weighted by molar-refractivity contribution is 6.35. The van der Waals surface area contributed by atoms with Crippen molar-refractivity contribution in [1.82, 2.24) is 4.57 Å². The van der Waals surface area contributed by atoms with Crippen LogP contribution in [0.15, 0.2) is 53.8 Å². The molecule has 0 radical (unpaired) electrons. The fraction of sp³-hybridized carbons (Fsp3) is 0.370. The summed E-state index contributed by atoms with van der Waals surface area (Å²) >= 11 is 6.65. The Balaban J connectivity index is 1.42. The Morgan fingerprint density at radius 3 is 2.79 bits per heavy atom. The summed E-state index contributed by atoms with van der Waals surface area (Å²) < 4.78 is 8.35. The van der Waals surface area contributed by atoms with Gasteiger partial charge in [0.05, 0.1) is 22.9 Å². The molecule has 1 aliphatic heterocycles. The number of rotatable bonds is 7. The number of aromatic nitrogens is 1. The smallest absolute Gasteiger partial charge is 0.177 e. The quantitative estimate of drug-likeness (QED) is 0.220. The van der Waals surface area contributed by atoms with E-state index in [4.69, 9.17) is 27.6 Å². The molecule has 2 aliphatic rings. The summed E-state index contributed by atoms with van der Waals surface area (Å²) in [6.45, 7) is 0.0981. The van der Waals surface area contributed by atoms with Crippen molar-refractivity contribution in [3.63, 3.8) is 0 Å². The van der Waals surface area contributed by atoms with Gasteiger partial charge in [-0.25, -0.2) is 0 Å². The van der Waals surface area contributed by atoms with Crippen LogP contribution in [0.2, 0.25) is 5.02 Å². The van der Waals surface area contributed by atoms with Crippen LogP contribution in [0.25, 0.3) is 10.9 Å². The molecule has 1 saturated carbocycles. The van der Waals surface area contributed by atoms with Gasteiger partial charge in [0.25, 0.3) is 0 Å². The SMILES string of the molecule is C#CCON=CC1CC(O)CC(n2cc(Cc3ccc(C4CC4)cc3)c3c(Cl)cccc32)O1. The fourth-order valence-corrected chi connectivity index (χ4v) is 4.93. The highest BCUT2D eigenvalue weighted by Crippen LogP contribution is 2.40. The van der Waals surface area contributed by atoms with Gasteiger partial charge in [-0.05, 0) is 54.0 Å². The number of benzene rings is 2. The van der Waals surface area contributed by atoms with Gasteiger partial charge >= 0.3 is 0 Å². The molecule has 1 aliphatic carbocycles. The summed E-state index contributed by atoms with van der Waals surface area (Å²) in [4.78, 5) is 4.99. The first-order valence-electron chi connectivity index (χ1n) is 11.4. The number of hydrogen-bond acceptors (Lipinski definition) is 4. The maximum Gasteiger partial charge on any atom is 0.177 e. The van der Waals surface area contributed by atoms with Crippen LogP contribution in [-0.4, -0.2) is 34.7 Å². The number of oxime groups is 1. The van der Waals surface area contributed by atoms with E-state index in [-0.39, 0.29) is 18.9 Å². The molecule has 0 amide bonds. The molecule has 0 bridgehead atoms. The Labute approximate surface area is 198 Å². The molecule has 5 nitrogen and oxygen atoms in total. The number of fused-ring (bicyclic) bond motifs is 1. The molecule has 3 aromatic rings. The van der Waals surface area contributed by atoms with Crippen LogP contribution >= 0.6 is 11.6 Å². The molecule has 2 aromatic carbocycles. The van der Waals surface area contributed by atoms with E-state index >= 15 is 0 Å².